The molecule has 3 rings (SSSR count). The van der Waals surface area contributed by atoms with Gasteiger partial charge in [-0.1, -0.05) is 0 Å². The molecule has 2 aliphatic heterocycles. The highest BCUT2D eigenvalue weighted by atomic mass is 16.5. The first-order chi connectivity index (χ1) is 15.0. The van der Waals surface area contributed by atoms with E-state index in [1.165, 1.54) is 0 Å². The molecule has 0 N–H and O–H groups in total. The zero-order valence-corrected chi connectivity index (χ0v) is 18.7. The number of amides is 2. The van der Waals surface area contributed by atoms with Crippen molar-refractivity contribution in [2.45, 2.75) is 12.8 Å². The molecule has 2 aliphatic rings. The SMILES string of the molecule is COc1cc(CCC(=O)N2CCN(C(=O)CN3CCOCC3)CC2)cc(OC)c1OC. The average molecular weight is 436 g/mol. The molecule has 0 saturated carbocycles. The van der Waals surface area contributed by atoms with Crippen molar-refractivity contribution in [3.8, 4) is 17.2 Å². The van der Waals surface area contributed by atoms with Gasteiger partial charge in [0.05, 0.1) is 41.1 Å². The number of carbonyl (C=O) groups is 2. The molecular weight excluding hydrogens is 402 g/mol. The smallest absolute Gasteiger partial charge is 0.236 e. The Balaban J connectivity index is 1.47. The van der Waals surface area contributed by atoms with E-state index in [0.29, 0.717) is 76.0 Å². The number of aryl methyl sites for hydroxylation is 1. The summed E-state index contributed by atoms with van der Waals surface area (Å²) in [6.45, 7) is 5.70. The van der Waals surface area contributed by atoms with Crippen LogP contribution in [-0.4, -0.2) is 107 Å². The summed E-state index contributed by atoms with van der Waals surface area (Å²) >= 11 is 0. The van der Waals surface area contributed by atoms with E-state index in [9.17, 15) is 9.59 Å². The van der Waals surface area contributed by atoms with Crippen molar-refractivity contribution in [3.63, 3.8) is 0 Å². The summed E-state index contributed by atoms with van der Waals surface area (Å²) in [6.07, 6.45) is 0.964. The van der Waals surface area contributed by atoms with Gasteiger partial charge in [0, 0.05) is 45.7 Å². The molecule has 2 amide bonds. The van der Waals surface area contributed by atoms with E-state index in [1.807, 2.05) is 21.9 Å². The minimum Gasteiger partial charge on any atom is -0.493 e. The topological polar surface area (TPSA) is 80.8 Å². The van der Waals surface area contributed by atoms with E-state index in [1.54, 1.807) is 21.3 Å². The predicted molar refractivity (Wildman–Crippen MR) is 115 cm³/mol. The summed E-state index contributed by atoms with van der Waals surface area (Å²) in [4.78, 5) is 31.1. The summed E-state index contributed by atoms with van der Waals surface area (Å²) in [5, 5.41) is 0. The van der Waals surface area contributed by atoms with Crippen molar-refractivity contribution in [3.05, 3.63) is 17.7 Å². The lowest BCUT2D eigenvalue weighted by Gasteiger charge is -2.36. The van der Waals surface area contributed by atoms with Crippen LogP contribution in [0.1, 0.15) is 12.0 Å². The highest BCUT2D eigenvalue weighted by Gasteiger charge is 2.25. The van der Waals surface area contributed by atoms with Gasteiger partial charge in [0.2, 0.25) is 17.6 Å². The maximum Gasteiger partial charge on any atom is 0.236 e. The van der Waals surface area contributed by atoms with Gasteiger partial charge >= 0.3 is 0 Å². The molecule has 0 radical (unpaired) electrons. The molecule has 2 heterocycles. The summed E-state index contributed by atoms with van der Waals surface area (Å²) in [7, 11) is 4.72. The Hall–Kier alpha value is -2.52. The summed E-state index contributed by atoms with van der Waals surface area (Å²) in [6, 6.07) is 3.74. The standard InChI is InChI=1S/C22H33N3O6/c1-28-18-14-17(15-19(29-2)22(18)30-3)4-5-20(26)24-6-8-25(9-7-24)21(27)16-23-10-12-31-13-11-23/h14-15H,4-13,16H2,1-3H3. The van der Waals surface area contributed by atoms with Crippen LogP contribution in [0.25, 0.3) is 0 Å². The van der Waals surface area contributed by atoms with Crippen LogP contribution in [-0.2, 0) is 20.7 Å². The van der Waals surface area contributed by atoms with Gasteiger partial charge in [0.25, 0.3) is 0 Å². The molecule has 1 aromatic rings. The summed E-state index contributed by atoms with van der Waals surface area (Å²) in [5.41, 5.74) is 0.946. The van der Waals surface area contributed by atoms with Crippen molar-refractivity contribution in [1.82, 2.24) is 14.7 Å². The quantitative estimate of drug-likeness (QED) is 0.593. The Morgan fingerprint density at radius 2 is 1.39 bits per heavy atom. The van der Waals surface area contributed by atoms with Crippen LogP contribution >= 0.6 is 0 Å². The van der Waals surface area contributed by atoms with Crippen LogP contribution in [0, 0.1) is 0 Å². The molecule has 0 unspecified atom stereocenters. The van der Waals surface area contributed by atoms with Gasteiger partial charge in [0.1, 0.15) is 0 Å². The number of methoxy groups -OCH3 is 3. The lowest BCUT2D eigenvalue weighted by Crippen LogP contribution is -2.53. The first-order valence-electron chi connectivity index (χ1n) is 10.7. The van der Waals surface area contributed by atoms with Gasteiger partial charge in [-0.3, -0.25) is 14.5 Å². The van der Waals surface area contributed by atoms with Gasteiger partial charge in [0.15, 0.2) is 11.5 Å². The van der Waals surface area contributed by atoms with Crippen molar-refractivity contribution >= 4 is 11.8 Å². The minimum atomic E-state index is 0.0917. The van der Waals surface area contributed by atoms with Gasteiger partial charge < -0.3 is 28.7 Å². The third-order valence-corrected chi connectivity index (χ3v) is 5.80. The highest BCUT2D eigenvalue weighted by molar-refractivity contribution is 5.80. The maximum atomic E-state index is 12.7. The normalized spacial score (nSPS) is 17.4. The van der Waals surface area contributed by atoms with Crippen molar-refractivity contribution < 1.29 is 28.5 Å². The van der Waals surface area contributed by atoms with Gasteiger partial charge in [-0.15, -0.1) is 0 Å². The molecule has 31 heavy (non-hydrogen) atoms. The van der Waals surface area contributed by atoms with E-state index in [-0.39, 0.29) is 11.8 Å². The average Bonchev–Trinajstić information content (AvgIpc) is 2.82. The molecule has 0 aliphatic carbocycles. The molecule has 0 spiro atoms. The Kier molecular flexibility index (Phi) is 8.36. The second-order valence-electron chi connectivity index (χ2n) is 7.68. The van der Waals surface area contributed by atoms with Crippen LogP contribution in [0.4, 0.5) is 0 Å². The monoisotopic (exact) mass is 435 g/mol. The van der Waals surface area contributed by atoms with E-state index < -0.39 is 0 Å². The number of piperazine rings is 1. The molecule has 172 valence electrons. The van der Waals surface area contributed by atoms with Crippen molar-refractivity contribution in [2.75, 3.05) is 80.4 Å². The lowest BCUT2D eigenvalue weighted by atomic mass is 10.1. The highest BCUT2D eigenvalue weighted by Crippen LogP contribution is 2.38. The zero-order chi connectivity index (χ0) is 22.2. The van der Waals surface area contributed by atoms with Gasteiger partial charge in [-0.25, -0.2) is 0 Å². The Bertz CT molecular complexity index is 733. The molecule has 0 atom stereocenters. The number of morpholine rings is 1. The molecule has 0 aromatic heterocycles. The summed E-state index contributed by atoms with van der Waals surface area (Å²) < 4.78 is 21.4. The second kappa shape index (κ2) is 11.2. The number of nitrogens with zero attached hydrogens (tertiary/aromatic N) is 3. The van der Waals surface area contributed by atoms with Gasteiger partial charge in [-0.05, 0) is 24.1 Å². The van der Waals surface area contributed by atoms with Crippen LogP contribution in [0.15, 0.2) is 12.1 Å². The number of carbonyl (C=O) groups excluding carboxylic acids is 2. The number of rotatable bonds is 8. The first kappa shape index (κ1) is 23.1. The molecule has 9 nitrogen and oxygen atoms in total. The van der Waals surface area contributed by atoms with Crippen molar-refractivity contribution in [1.29, 1.82) is 0 Å². The largest absolute Gasteiger partial charge is 0.493 e. The number of hydrogen-bond acceptors (Lipinski definition) is 7. The Morgan fingerprint density at radius 1 is 0.839 bits per heavy atom. The fraction of sp³-hybridized carbons (Fsp3) is 0.636. The van der Waals surface area contributed by atoms with Crippen LogP contribution in [0.3, 0.4) is 0 Å². The zero-order valence-electron chi connectivity index (χ0n) is 18.7. The molecular formula is C22H33N3O6. The van der Waals surface area contributed by atoms with Crippen LogP contribution in [0.5, 0.6) is 17.2 Å². The Morgan fingerprint density at radius 3 is 1.90 bits per heavy atom. The molecule has 2 fully saturated rings. The third-order valence-electron chi connectivity index (χ3n) is 5.80. The number of benzene rings is 1. The maximum absolute atomic E-state index is 12.7. The fourth-order valence-corrected chi connectivity index (χ4v) is 3.94. The first-order valence-corrected chi connectivity index (χ1v) is 10.7. The van der Waals surface area contributed by atoms with E-state index in [4.69, 9.17) is 18.9 Å². The van der Waals surface area contributed by atoms with Crippen LogP contribution in [0.2, 0.25) is 0 Å². The lowest BCUT2D eigenvalue weighted by molar-refractivity contribution is -0.140. The van der Waals surface area contributed by atoms with E-state index >= 15 is 0 Å². The minimum absolute atomic E-state index is 0.0917. The molecule has 2 saturated heterocycles. The molecule has 9 heteroatoms. The molecule has 0 bridgehead atoms. The number of ether oxygens (including phenoxy) is 4. The fourth-order valence-electron chi connectivity index (χ4n) is 3.94. The van der Waals surface area contributed by atoms with E-state index in [2.05, 4.69) is 4.90 Å². The second-order valence-corrected chi connectivity index (χ2v) is 7.68. The number of hydrogen-bond donors (Lipinski definition) is 0. The Labute approximate surface area is 183 Å². The van der Waals surface area contributed by atoms with Crippen molar-refractivity contribution in [2.24, 2.45) is 0 Å². The predicted octanol–water partition coefficient (Wildman–Crippen LogP) is 0.648. The third kappa shape index (κ3) is 6.01. The van der Waals surface area contributed by atoms with Crippen LogP contribution < -0.4 is 14.2 Å². The van der Waals surface area contributed by atoms with E-state index in [0.717, 1.165) is 18.7 Å². The van der Waals surface area contributed by atoms with Gasteiger partial charge in [-0.2, -0.15) is 0 Å². The molecule has 1 aromatic carbocycles. The summed E-state index contributed by atoms with van der Waals surface area (Å²) in [5.74, 6) is 1.92.